The highest BCUT2D eigenvalue weighted by Gasteiger charge is 2.09. The van der Waals surface area contributed by atoms with Gasteiger partial charge in [-0.2, -0.15) is 5.10 Å². The van der Waals surface area contributed by atoms with E-state index in [9.17, 15) is 0 Å². The second-order valence-electron chi connectivity index (χ2n) is 4.94. The Morgan fingerprint density at radius 2 is 1.89 bits per heavy atom. The third-order valence-electron chi connectivity index (χ3n) is 3.51. The van der Waals surface area contributed by atoms with Crippen molar-refractivity contribution < 1.29 is 0 Å². The van der Waals surface area contributed by atoms with E-state index >= 15 is 0 Å². The molecule has 0 saturated heterocycles. The maximum atomic E-state index is 4.44. The van der Waals surface area contributed by atoms with Crippen LogP contribution in [0.15, 0.2) is 18.2 Å². The molecule has 0 aliphatic rings. The van der Waals surface area contributed by atoms with Gasteiger partial charge in [-0.25, -0.2) is 0 Å². The average molecular weight is 243 g/mol. The van der Waals surface area contributed by atoms with Crippen LogP contribution in [0.3, 0.4) is 0 Å². The Bertz CT molecular complexity index is 567. The molecular formula is C15H21N3. The highest BCUT2D eigenvalue weighted by molar-refractivity contribution is 5.53. The first-order chi connectivity index (χ1) is 8.49. The molecule has 0 aliphatic heterocycles. The summed E-state index contributed by atoms with van der Waals surface area (Å²) >= 11 is 0. The van der Waals surface area contributed by atoms with Gasteiger partial charge in [0.05, 0.1) is 5.69 Å². The van der Waals surface area contributed by atoms with Crippen molar-refractivity contribution in [2.75, 3.05) is 5.32 Å². The number of nitrogens with one attached hydrogen (secondary N) is 1. The number of aromatic nitrogens is 2. The molecule has 0 unspecified atom stereocenters. The third kappa shape index (κ3) is 2.40. The SMILES string of the molecule is Cc1ccc(C)c(NCc2c(C)nn(C)c2C)c1. The lowest BCUT2D eigenvalue weighted by atomic mass is 10.1. The summed E-state index contributed by atoms with van der Waals surface area (Å²) in [6, 6.07) is 6.48. The van der Waals surface area contributed by atoms with Gasteiger partial charge in [-0.15, -0.1) is 0 Å². The molecule has 3 heteroatoms. The van der Waals surface area contributed by atoms with Gasteiger partial charge in [0.25, 0.3) is 0 Å². The van der Waals surface area contributed by atoms with Gasteiger partial charge in [0.1, 0.15) is 0 Å². The van der Waals surface area contributed by atoms with Crippen LogP contribution < -0.4 is 5.32 Å². The Kier molecular flexibility index (Phi) is 3.41. The molecule has 0 spiro atoms. The highest BCUT2D eigenvalue weighted by Crippen LogP contribution is 2.19. The lowest BCUT2D eigenvalue weighted by Gasteiger charge is -2.10. The smallest absolute Gasteiger partial charge is 0.0646 e. The number of anilines is 1. The maximum absolute atomic E-state index is 4.44. The summed E-state index contributed by atoms with van der Waals surface area (Å²) in [6.07, 6.45) is 0. The van der Waals surface area contributed by atoms with E-state index in [0.29, 0.717) is 0 Å². The molecule has 0 fully saturated rings. The van der Waals surface area contributed by atoms with E-state index in [4.69, 9.17) is 0 Å². The zero-order valence-electron chi connectivity index (χ0n) is 11.8. The molecule has 1 N–H and O–H groups in total. The average Bonchev–Trinajstić information content (AvgIpc) is 2.55. The first-order valence-electron chi connectivity index (χ1n) is 6.29. The van der Waals surface area contributed by atoms with Crippen LogP contribution in [-0.2, 0) is 13.6 Å². The molecule has 0 saturated carbocycles. The zero-order chi connectivity index (χ0) is 13.3. The topological polar surface area (TPSA) is 29.9 Å². The van der Waals surface area contributed by atoms with Crippen LogP contribution in [0.1, 0.15) is 28.1 Å². The molecule has 0 amide bonds. The van der Waals surface area contributed by atoms with Crippen LogP contribution in [0.5, 0.6) is 0 Å². The molecule has 0 aliphatic carbocycles. The minimum absolute atomic E-state index is 0.829. The molecule has 0 bridgehead atoms. The van der Waals surface area contributed by atoms with Gasteiger partial charge < -0.3 is 5.32 Å². The largest absolute Gasteiger partial charge is 0.381 e. The van der Waals surface area contributed by atoms with E-state index in [1.807, 2.05) is 11.7 Å². The minimum Gasteiger partial charge on any atom is -0.381 e. The van der Waals surface area contributed by atoms with E-state index in [1.54, 1.807) is 0 Å². The predicted octanol–water partition coefficient (Wildman–Crippen LogP) is 3.27. The lowest BCUT2D eigenvalue weighted by Crippen LogP contribution is -2.03. The van der Waals surface area contributed by atoms with Crippen LogP contribution in [-0.4, -0.2) is 9.78 Å². The number of aryl methyl sites for hydroxylation is 4. The summed E-state index contributed by atoms with van der Waals surface area (Å²) < 4.78 is 1.94. The molecular weight excluding hydrogens is 222 g/mol. The Labute approximate surface area is 109 Å². The van der Waals surface area contributed by atoms with Gasteiger partial charge in [-0.3, -0.25) is 4.68 Å². The third-order valence-corrected chi connectivity index (χ3v) is 3.51. The highest BCUT2D eigenvalue weighted by atomic mass is 15.3. The lowest BCUT2D eigenvalue weighted by molar-refractivity contribution is 0.730. The van der Waals surface area contributed by atoms with Crippen molar-refractivity contribution in [3.8, 4) is 0 Å². The van der Waals surface area contributed by atoms with Gasteiger partial charge in [0, 0.05) is 30.5 Å². The first kappa shape index (κ1) is 12.7. The van der Waals surface area contributed by atoms with Gasteiger partial charge in [0.2, 0.25) is 0 Å². The quantitative estimate of drug-likeness (QED) is 0.896. The van der Waals surface area contributed by atoms with E-state index in [0.717, 1.165) is 12.2 Å². The molecule has 1 heterocycles. The number of nitrogens with zero attached hydrogens (tertiary/aromatic N) is 2. The molecule has 1 aromatic carbocycles. The molecule has 96 valence electrons. The summed E-state index contributed by atoms with van der Waals surface area (Å²) in [7, 11) is 1.99. The number of rotatable bonds is 3. The van der Waals surface area contributed by atoms with Crippen molar-refractivity contribution in [1.82, 2.24) is 9.78 Å². The van der Waals surface area contributed by atoms with Gasteiger partial charge in [-0.1, -0.05) is 12.1 Å². The molecule has 3 nitrogen and oxygen atoms in total. The van der Waals surface area contributed by atoms with E-state index in [-0.39, 0.29) is 0 Å². The normalized spacial score (nSPS) is 10.7. The van der Waals surface area contributed by atoms with E-state index in [2.05, 4.69) is 56.3 Å². The fourth-order valence-electron chi connectivity index (χ4n) is 2.18. The minimum atomic E-state index is 0.829. The van der Waals surface area contributed by atoms with Crippen molar-refractivity contribution in [2.45, 2.75) is 34.2 Å². The number of hydrogen-bond donors (Lipinski definition) is 1. The first-order valence-corrected chi connectivity index (χ1v) is 6.29. The van der Waals surface area contributed by atoms with Crippen molar-refractivity contribution in [1.29, 1.82) is 0 Å². The molecule has 1 aromatic heterocycles. The molecule has 2 rings (SSSR count). The van der Waals surface area contributed by atoms with E-state index < -0.39 is 0 Å². The van der Waals surface area contributed by atoms with Gasteiger partial charge in [0.15, 0.2) is 0 Å². The van der Waals surface area contributed by atoms with Crippen LogP contribution in [0, 0.1) is 27.7 Å². The molecule has 18 heavy (non-hydrogen) atoms. The van der Waals surface area contributed by atoms with Crippen LogP contribution in [0.4, 0.5) is 5.69 Å². The number of hydrogen-bond acceptors (Lipinski definition) is 2. The molecule has 2 aromatic rings. The summed E-state index contributed by atoms with van der Waals surface area (Å²) in [6.45, 7) is 9.25. The van der Waals surface area contributed by atoms with Gasteiger partial charge in [-0.05, 0) is 44.9 Å². The van der Waals surface area contributed by atoms with Crippen LogP contribution in [0.2, 0.25) is 0 Å². The van der Waals surface area contributed by atoms with Crippen LogP contribution in [0.25, 0.3) is 0 Å². The second-order valence-corrected chi connectivity index (χ2v) is 4.94. The Balaban J connectivity index is 2.19. The van der Waals surface area contributed by atoms with Crippen molar-refractivity contribution >= 4 is 5.69 Å². The fourth-order valence-corrected chi connectivity index (χ4v) is 2.18. The van der Waals surface area contributed by atoms with Crippen LogP contribution >= 0.6 is 0 Å². The van der Waals surface area contributed by atoms with Crippen molar-refractivity contribution in [2.24, 2.45) is 7.05 Å². The summed E-state index contributed by atoms with van der Waals surface area (Å²) in [5.74, 6) is 0. The summed E-state index contributed by atoms with van der Waals surface area (Å²) in [5, 5.41) is 7.95. The Morgan fingerprint density at radius 3 is 2.50 bits per heavy atom. The van der Waals surface area contributed by atoms with Crippen molar-refractivity contribution in [3.05, 3.63) is 46.3 Å². The van der Waals surface area contributed by atoms with Crippen molar-refractivity contribution in [3.63, 3.8) is 0 Å². The summed E-state index contributed by atoms with van der Waals surface area (Å²) in [4.78, 5) is 0. The Hall–Kier alpha value is -1.77. The van der Waals surface area contributed by atoms with Gasteiger partial charge >= 0.3 is 0 Å². The fraction of sp³-hybridized carbons (Fsp3) is 0.400. The monoisotopic (exact) mass is 243 g/mol. The van der Waals surface area contributed by atoms with E-state index in [1.165, 1.54) is 28.1 Å². The standard InChI is InChI=1S/C15H21N3/c1-10-6-7-11(2)15(8-10)16-9-14-12(3)17-18(5)13(14)4/h6-8,16H,9H2,1-5H3. The molecule has 0 atom stereocenters. The second kappa shape index (κ2) is 4.84. The predicted molar refractivity (Wildman–Crippen MR) is 75.9 cm³/mol. The maximum Gasteiger partial charge on any atom is 0.0646 e. The summed E-state index contributed by atoms with van der Waals surface area (Å²) in [5.41, 5.74) is 7.39. The zero-order valence-corrected chi connectivity index (χ0v) is 11.8. The molecule has 0 radical (unpaired) electrons. The Morgan fingerprint density at radius 1 is 1.17 bits per heavy atom. The number of benzene rings is 1.